The number of hydrogen-bond acceptors (Lipinski definition) is 8. The van der Waals surface area contributed by atoms with E-state index in [1.165, 1.54) is 18.4 Å². The number of nitrogens with one attached hydrogen (secondary N) is 1. The Morgan fingerprint density at radius 1 is 1.19 bits per heavy atom. The van der Waals surface area contributed by atoms with Crippen molar-refractivity contribution in [2.45, 2.75) is 33.4 Å². The summed E-state index contributed by atoms with van der Waals surface area (Å²) < 4.78 is 15.8. The van der Waals surface area contributed by atoms with Gasteiger partial charge in [0.15, 0.2) is 5.69 Å². The number of methoxy groups -OCH3 is 1. The molecule has 3 aromatic rings. The fourth-order valence-corrected chi connectivity index (χ4v) is 3.90. The monoisotopic (exact) mass is 443 g/mol. The number of oxazole rings is 1. The summed E-state index contributed by atoms with van der Waals surface area (Å²) in [5.41, 5.74) is 1.63. The van der Waals surface area contributed by atoms with Crippen molar-refractivity contribution in [3.63, 3.8) is 0 Å². The first-order valence-corrected chi connectivity index (χ1v) is 10.7. The SMILES string of the molecule is COC(=O)c1nc(-c2csc([C@@H](NC(=O)COCc3ccccc3)C(C)C)n2)oc1C. The second-order valence-corrected chi connectivity index (χ2v) is 8.14. The highest BCUT2D eigenvalue weighted by Gasteiger charge is 2.24. The molecule has 0 unspecified atom stereocenters. The topological polar surface area (TPSA) is 104 Å². The van der Waals surface area contributed by atoms with Gasteiger partial charge in [0.05, 0.1) is 19.8 Å². The molecule has 31 heavy (non-hydrogen) atoms. The number of nitrogens with zero attached hydrogens (tertiary/aromatic N) is 2. The molecule has 0 aliphatic heterocycles. The summed E-state index contributed by atoms with van der Waals surface area (Å²) >= 11 is 1.39. The van der Waals surface area contributed by atoms with Crippen LogP contribution in [0.25, 0.3) is 11.6 Å². The van der Waals surface area contributed by atoms with Crippen LogP contribution in [0.2, 0.25) is 0 Å². The minimum Gasteiger partial charge on any atom is -0.464 e. The van der Waals surface area contributed by atoms with Crippen molar-refractivity contribution in [3.8, 4) is 11.6 Å². The Bertz CT molecular complexity index is 1030. The number of thiazole rings is 1. The van der Waals surface area contributed by atoms with Gasteiger partial charge in [-0.05, 0) is 18.4 Å². The molecule has 1 N–H and O–H groups in total. The molecule has 0 aliphatic rings. The molecule has 0 spiro atoms. The summed E-state index contributed by atoms with van der Waals surface area (Å²) in [7, 11) is 1.29. The number of rotatable bonds is 9. The van der Waals surface area contributed by atoms with Crippen LogP contribution < -0.4 is 5.32 Å². The second-order valence-electron chi connectivity index (χ2n) is 7.25. The van der Waals surface area contributed by atoms with Gasteiger partial charge in [-0.25, -0.2) is 14.8 Å². The highest BCUT2D eigenvalue weighted by atomic mass is 32.1. The molecule has 1 atom stereocenters. The van der Waals surface area contributed by atoms with E-state index in [-0.39, 0.29) is 36.1 Å². The van der Waals surface area contributed by atoms with E-state index in [0.29, 0.717) is 18.1 Å². The number of benzene rings is 1. The molecule has 3 rings (SSSR count). The minimum atomic E-state index is -0.564. The van der Waals surface area contributed by atoms with Crippen molar-refractivity contribution in [1.82, 2.24) is 15.3 Å². The van der Waals surface area contributed by atoms with Crippen molar-refractivity contribution in [3.05, 3.63) is 57.7 Å². The van der Waals surface area contributed by atoms with Crippen LogP contribution >= 0.6 is 11.3 Å². The van der Waals surface area contributed by atoms with Gasteiger partial charge in [-0.3, -0.25) is 4.79 Å². The molecule has 2 aromatic heterocycles. The quantitative estimate of drug-likeness (QED) is 0.500. The van der Waals surface area contributed by atoms with Gasteiger partial charge in [0.2, 0.25) is 11.8 Å². The van der Waals surface area contributed by atoms with E-state index in [2.05, 4.69) is 15.3 Å². The first-order chi connectivity index (χ1) is 14.9. The smallest absolute Gasteiger partial charge is 0.360 e. The summed E-state index contributed by atoms with van der Waals surface area (Å²) in [5, 5.41) is 5.49. The van der Waals surface area contributed by atoms with Gasteiger partial charge in [0.25, 0.3) is 0 Å². The summed E-state index contributed by atoms with van der Waals surface area (Å²) in [6.45, 7) is 5.97. The number of hydrogen-bond donors (Lipinski definition) is 1. The van der Waals surface area contributed by atoms with Crippen molar-refractivity contribution in [2.24, 2.45) is 5.92 Å². The van der Waals surface area contributed by atoms with Crippen molar-refractivity contribution < 1.29 is 23.5 Å². The Labute approximate surface area is 184 Å². The van der Waals surface area contributed by atoms with Crippen LogP contribution in [0, 0.1) is 12.8 Å². The van der Waals surface area contributed by atoms with E-state index in [1.54, 1.807) is 12.3 Å². The third kappa shape index (κ3) is 5.77. The van der Waals surface area contributed by atoms with Crippen LogP contribution in [0.4, 0.5) is 0 Å². The van der Waals surface area contributed by atoms with Crippen molar-refractivity contribution in [1.29, 1.82) is 0 Å². The molecule has 8 nitrogen and oxygen atoms in total. The molecular formula is C22H25N3O5S. The highest BCUT2D eigenvalue weighted by molar-refractivity contribution is 7.10. The zero-order valence-electron chi connectivity index (χ0n) is 17.9. The predicted molar refractivity (Wildman–Crippen MR) is 116 cm³/mol. The number of esters is 1. The average Bonchev–Trinajstić information content (AvgIpc) is 3.39. The molecule has 0 aliphatic carbocycles. The maximum absolute atomic E-state index is 12.4. The van der Waals surface area contributed by atoms with E-state index < -0.39 is 5.97 Å². The van der Waals surface area contributed by atoms with Gasteiger partial charge in [0.1, 0.15) is 23.1 Å². The molecule has 1 amide bonds. The molecule has 164 valence electrons. The lowest BCUT2D eigenvalue weighted by atomic mass is 10.1. The number of ether oxygens (including phenoxy) is 2. The number of amides is 1. The van der Waals surface area contributed by atoms with E-state index in [1.807, 2.05) is 44.2 Å². The average molecular weight is 444 g/mol. The van der Waals surface area contributed by atoms with Crippen LogP contribution in [0.15, 0.2) is 40.1 Å². The first kappa shape index (κ1) is 22.6. The zero-order chi connectivity index (χ0) is 22.4. The molecule has 0 bridgehead atoms. The van der Waals surface area contributed by atoms with Gasteiger partial charge in [0, 0.05) is 5.38 Å². The maximum Gasteiger partial charge on any atom is 0.360 e. The molecule has 0 fully saturated rings. The minimum absolute atomic E-state index is 0.0439. The first-order valence-electron chi connectivity index (χ1n) is 9.81. The van der Waals surface area contributed by atoms with E-state index in [0.717, 1.165) is 10.6 Å². The van der Waals surface area contributed by atoms with Gasteiger partial charge < -0.3 is 19.2 Å². The Morgan fingerprint density at radius 3 is 2.61 bits per heavy atom. The highest BCUT2D eigenvalue weighted by Crippen LogP contribution is 2.30. The number of carbonyl (C=O) groups is 2. The fraction of sp³-hybridized carbons (Fsp3) is 0.364. The molecular weight excluding hydrogens is 418 g/mol. The van der Waals surface area contributed by atoms with E-state index in [9.17, 15) is 9.59 Å². The lowest BCUT2D eigenvalue weighted by Gasteiger charge is -2.20. The van der Waals surface area contributed by atoms with Crippen LogP contribution in [-0.4, -0.2) is 35.6 Å². The van der Waals surface area contributed by atoms with Crippen LogP contribution in [0.5, 0.6) is 0 Å². The third-order valence-electron chi connectivity index (χ3n) is 4.51. The molecule has 2 heterocycles. The predicted octanol–water partition coefficient (Wildman–Crippen LogP) is 3.92. The number of carbonyl (C=O) groups excluding carboxylic acids is 2. The fourth-order valence-electron chi connectivity index (χ4n) is 2.89. The lowest BCUT2D eigenvalue weighted by molar-refractivity contribution is -0.127. The number of aromatic nitrogens is 2. The Morgan fingerprint density at radius 2 is 1.94 bits per heavy atom. The zero-order valence-corrected chi connectivity index (χ0v) is 18.7. The van der Waals surface area contributed by atoms with Crippen LogP contribution in [0.1, 0.15) is 46.7 Å². The Hall–Kier alpha value is -3.04. The third-order valence-corrected chi connectivity index (χ3v) is 5.44. The summed E-state index contributed by atoms with van der Waals surface area (Å²) in [6.07, 6.45) is 0. The Kier molecular flexibility index (Phi) is 7.54. The Balaban J connectivity index is 1.65. The lowest BCUT2D eigenvalue weighted by Crippen LogP contribution is -2.34. The maximum atomic E-state index is 12.4. The van der Waals surface area contributed by atoms with Crippen LogP contribution in [-0.2, 0) is 20.9 Å². The molecule has 0 saturated carbocycles. The standard InChI is InChI=1S/C22H25N3O5S/c1-13(2)18(24-17(26)11-29-10-15-8-6-5-7-9-15)21-23-16(12-31-21)20-25-19(14(3)30-20)22(27)28-4/h5-9,12-13,18H,10-11H2,1-4H3,(H,24,26)/t18-/m0/s1. The molecule has 1 aromatic carbocycles. The largest absolute Gasteiger partial charge is 0.464 e. The van der Waals surface area contributed by atoms with Crippen molar-refractivity contribution in [2.75, 3.05) is 13.7 Å². The molecule has 9 heteroatoms. The summed E-state index contributed by atoms with van der Waals surface area (Å²) in [6, 6.07) is 9.39. The van der Waals surface area contributed by atoms with Crippen molar-refractivity contribution >= 4 is 23.2 Å². The van der Waals surface area contributed by atoms with Gasteiger partial charge in [-0.2, -0.15) is 0 Å². The summed E-state index contributed by atoms with van der Waals surface area (Å²) in [5.74, 6) is -0.0767. The van der Waals surface area contributed by atoms with Gasteiger partial charge in [-0.15, -0.1) is 11.3 Å². The van der Waals surface area contributed by atoms with E-state index in [4.69, 9.17) is 13.9 Å². The van der Waals surface area contributed by atoms with Crippen LogP contribution in [0.3, 0.4) is 0 Å². The van der Waals surface area contributed by atoms with E-state index >= 15 is 0 Å². The van der Waals surface area contributed by atoms with Gasteiger partial charge in [-0.1, -0.05) is 44.2 Å². The van der Waals surface area contributed by atoms with Gasteiger partial charge >= 0.3 is 5.97 Å². The molecule has 0 radical (unpaired) electrons. The summed E-state index contributed by atoms with van der Waals surface area (Å²) in [4.78, 5) is 32.9. The second kappa shape index (κ2) is 10.3. The molecule has 0 saturated heterocycles. The number of aryl methyl sites for hydroxylation is 1. The normalized spacial score (nSPS) is 12.0.